The van der Waals surface area contributed by atoms with Gasteiger partial charge >= 0.3 is 0 Å². The van der Waals surface area contributed by atoms with Crippen molar-refractivity contribution in [1.29, 1.82) is 0 Å². The molecule has 98 valence electrons. The second-order valence-electron chi connectivity index (χ2n) is 4.71. The molecule has 1 aliphatic rings. The second kappa shape index (κ2) is 5.36. The molecule has 0 saturated carbocycles. The van der Waals surface area contributed by atoms with E-state index in [2.05, 4.69) is 10.3 Å². The molecule has 0 bridgehead atoms. The highest BCUT2D eigenvalue weighted by Crippen LogP contribution is 2.25. The van der Waals surface area contributed by atoms with E-state index in [1.807, 2.05) is 30.5 Å². The van der Waals surface area contributed by atoms with E-state index in [9.17, 15) is 0 Å². The summed E-state index contributed by atoms with van der Waals surface area (Å²) in [5.41, 5.74) is 2.95. The van der Waals surface area contributed by atoms with Crippen molar-refractivity contribution in [3.8, 4) is 17.0 Å². The minimum absolute atomic E-state index is 0.345. The Bertz CT molecular complexity index is 565. The van der Waals surface area contributed by atoms with Crippen LogP contribution in [-0.2, 0) is 0 Å². The molecular formula is C15H17N3O. The van der Waals surface area contributed by atoms with Crippen molar-refractivity contribution in [2.45, 2.75) is 18.9 Å². The lowest BCUT2D eigenvalue weighted by molar-refractivity contribution is 0.415. The smallest absolute Gasteiger partial charge is 0.119 e. The van der Waals surface area contributed by atoms with E-state index < -0.39 is 0 Å². The van der Waals surface area contributed by atoms with E-state index in [0.29, 0.717) is 6.04 Å². The van der Waals surface area contributed by atoms with Crippen LogP contribution in [0.2, 0.25) is 0 Å². The lowest BCUT2D eigenvalue weighted by atomic mass is 10.1. The zero-order valence-corrected chi connectivity index (χ0v) is 11.0. The molecule has 1 fully saturated rings. The van der Waals surface area contributed by atoms with Gasteiger partial charge in [-0.1, -0.05) is 12.1 Å². The average Bonchev–Trinajstić information content (AvgIpc) is 3.02. The van der Waals surface area contributed by atoms with Gasteiger partial charge in [0.15, 0.2) is 0 Å². The molecule has 0 amide bonds. The Balaban J connectivity index is 1.93. The molecule has 2 aromatic rings. The molecule has 1 aromatic carbocycles. The topological polar surface area (TPSA) is 47.0 Å². The van der Waals surface area contributed by atoms with Gasteiger partial charge in [0.1, 0.15) is 5.75 Å². The van der Waals surface area contributed by atoms with E-state index in [1.54, 1.807) is 13.3 Å². The third-order valence-electron chi connectivity index (χ3n) is 3.44. The van der Waals surface area contributed by atoms with Gasteiger partial charge in [-0.3, -0.25) is 4.98 Å². The number of nitrogens with one attached hydrogen (secondary N) is 1. The monoisotopic (exact) mass is 255 g/mol. The summed E-state index contributed by atoms with van der Waals surface area (Å²) in [5.74, 6) is 0.837. The van der Waals surface area contributed by atoms with Gasteiger partial charge in [0.05, 0.1) is 36.9 Å². The fourth-order valence-corrected chi connectivity index (χ4v) is 2.41. The fraction of sp³-hybridized carbons (Fsp3) is 0.333. The predicted molar refractivity (Wildman–Crippen MR) is 74.0 cm³/mol. The van der Waals surface area contributed by atoms with Crippen LogP contribution in [0.15, 0.2) is 36.7 Å². The zero-order valence-electron chi connectivity index (χ0n) is 11.0. The van der Waals surface area contributed by atoms with Crippen molar-refractivity contribution in [2.24, 2.45) is 0 Å². The van der Waals surface area contributed by atoms with Crippen molar-refractivity contribution in [3.05, 3.63) is 42.4 Å². The third kappa shape index (κ3) is 2.58. The summed E-state index contributed by atoms with van der Waals surface area (Å²) < 4.78 is 5.25. The van der Waals surface area contributed by atoms with Gasteiger partial charge in [0.2, 0.25) is 0 Å². The molecule has 1 aliphatic heterocycles. The summed E-state index contributed by atoms with van der Waals surface area (Å²) in [6.07, 6.45) is 5.99. The first-order valence-electron chi connectivity index (χ1n) is 6.56. The molecule has 0 aliphatic carbocycles. The normalized spacial score (nSPS) is 18.5. The molecule has 4 nitrogen and oxygen atoms in total. The summed E-state index contributed by atoms with van der Waals surface area (Å²) in [7, 11) is 1.67. The number of hydrogen-bond donors (Lipinski definition) is 1. The van der Waals surface area contributed by atoms with Crippen molar-refractivity contribution in [2.75, 3.05) is 13.7 Å². The van der Waals surface area contributed by atoms with Crippen LogP contribution >= 0.6 is 0 Å². The molecule has 0 radical (unpaired) electrons. The Kier molecular flexibility index (Phi) is 3.42. The quantitative estimate of drug-likeness (QED) is 0.915. The molecule has 1 saturated heterocycles. The lowest BCUT2D eigenvalue weighted by Gasteiger charge is -2.10. The van der Waals surface area contributed by atoms with Crippen LogP contribution in [-0.4, -0.2) is 23.6 Å². The average molecular weight is 255 g/mol. The minimum atomic E-state index is 0.345. The SMILES string of the molecule is COc1cccc(-c2cncc(C3CCCN3)n2)c1. The number of methoxy groups -OCH3 is 1. The van der Waals surface area contributed by atoms with Crippen LogP contribution in [0.25, 0.3) is 11.3 Å². The third-order valence-corrected chi connectivity index (χ3v) is 3.44. The number of rotatable bonds is 3. The largest absolute Gasteiger partial charge is 0.497 e. The first kappa shape index (κ1) is 12.1. The van der Waals surface area contributed by atoms with Crippen LogP contribution in [0, 0.1) is 0 Å². The first-order chi connectivity index (χ1) is 9.36. The lowest BCUT2D eigenvalue weighted by Crippen LogP contribution is -2.14. The number of benzene rings is 1. The minimum Gasteiger partial charge on any atom is -0.497 e. The Hall–Kier alpha value is -1.94. The van der Waals surface area contributed by atoms with Crippen LogP contribution in [0.1, 0.15) is 24.6 Å². The predicted octanol–water partition coefficient (Wildman–Crippen LogP) is 2.58. The molecular weight excluding hydrogens is 238 g/mol. The molecule has 19 heavy (non-hydrogen) atoms. The number of nitrogens with zero attached hydrogens (tertiary/aromatic N) is 2. The van der Waals surface area contributed by atoms with Gasteiger partial charge in [0.25, 0.3) is 0 Å². The molecule has 4 heteroatoms. The van der Waals surface area contributed by atoms with Crippen LogP contribution < -0.4 is 10.1 Å². The Labute approximate surface area is 112 Å². The summed E-state index contributed by atoms with van der Waals surface area (Å²) in [6.45, 7) is 1.07. The molecule has 0 spiro atoms. The van der Waals surface area contributed by atoms with Gasteiger partial charge in [-0.25, -0.2) is 4.98 Å². The maximum atomic E-state index is 5.25. The van der Waals surface area contributed by atoms with Gasteiger partial charge < -0.3 is 10.1 Å². The molecule has 3 rings (SSSR count). The summed E-state index contributed by atoms with van der Waals surface area (Å²) in [5, 5.41) is 3.45. The number of ether oxygens (including phenoxy) is 1. The molecule has 2 heterocycles. The fourth-order valence-electron chi connectivity index (χ4n) is 2.41. The van der Waals surface area contributed by atoms with Crippen molar-refractivity contribution in [1.82, 2.24) is 15.3 Å². The van der Waals surface area contributed by atoms with Gasteiger partial charge in [0, 0.05) is 5.56 Å². The van der Waals surface area contributed by atoms with E-state index in [0.717, 1.165) is 35.7 Å². The van der Waals surface area contributed by atoms with Crippen LogP contribution in [0.3, 0.4) is 0 Å². The van der Waals surface area contributed by atoms with E-state index in [-0.39, 0.29) is 0 Å². The summed E-state index contributed by atoms with van der Waals surface area (Å²) in [4.78, 5) is 9.04. The molecule has 1 N–H and O–H groups in total. The highest BCUT2D eigenvalue weighted by atomic mass is 16.5. The van der Waals surface area contributed by atoms with E-state index in [4.69, 9.17) is 9.72 Å². The van der Waals surface area contributed by atoms with Gasteiger partial charge in [-0.15, -0.1) is 0 Å². The van der Waals surface area contributed by atoms with Crippen LogP contribution in [0.4, 0.5) is 0 Å². The van der Waals surface area contributed by atoms with E-state index >= 15 is 0 Å². The summed E-state index contributed by atoms with van der Waals surface area (Å²) in [6, 6.07) is 8.25. The van der Waals surface area contributed by atoms with Gasteiger partial charge in [-0.2, -0.15) is 0 Å². The first-order valence-corrected chi connectivity index (χ1v) is 6.56. The maximum absolute atomic E-state index is 5.25. The Morgan fingerprint density at radius 3 is 3.05 bits per heavy atom. The highest BCUT2D eigenvalue weighted by Gasteiger charge is 2.18. The highest BCUT2D eigenvalue weighted by molar-refractivity contribution is 5.60. The zero-order chi connectivity index (χ0) is 13.1. The van der Waals surface area contributed by atoms with Gasteiger partial charge in [-0.05, 0) is 31.5 Å². The molecule has 1 atom stereocenters. The van der Waals surface area contributed by atoms with Crippen LogP contribution in [0.5, 0.6) is 5.75 Å². The van der Waals surface area contributed by atoms with Crippen molar-refractivity contribution < 1.29 is 4.74 Å². The Morgan fingerprint density at radius 2 is 2.26 bits per heavy atom. The van der Waals surface area contributed by atoms with Crippen molar-refractivity contribution >= 4 is 0 Å². The standard InChI is InChI=1S/C15H17N3O/c1-19-12-5-2-4-11(8-12)14-9-16-10-15(18-14)13-6-3-7-17-13/h2,4-5,8-10,13,17H,3,6-7H2,1H3. The molecule has 1 unspecified atom stereocenters. The number of aromatic nitrogens is 2. The maximum Gasteiger partial charge on any atom is 0.119 e. The van der Waals surface area contributed by atoms with E-state index in [1.165, 1.54) is 6.42 Å². The second-order valence-corrected chi connectivity index (χ2v) is 4.71. The van der Waals surface area contributed by atoms with Crippen molar-refractivity contribution in [3.63, 3.8) is 0 Å². The summed E-state index contributed by atoms with van der Waals surface area (Å²) >= 11 is 0. The Morgan fingerprint density at radius 1 is 1.32 bits per heavy atom. The molecule has 1 aromatic heterocycles. The number of hydrogen-bond acceptors (Lipinski definition) is 4.